The first kappa shape index (κ1) is 24.2. The van der Waals surface area contributed by atoms with Crippen molar-refractivity contribution >= 4 is 76.3 Å². The largest absolute Gasteiger partial charge is 0.310 e. The maximum Gasteiger partial charge on any atom is 0.195 e. The Kier molecular flexibility index (Phi) is 5.10. The molecule has 0 aliphatic rings. The summed E-state index contributed by atoms with van der Waals surface area (Å²) in [5.74, 6) is 0. The zero-order chi connectivity index (χ0) is 28.7. The van der Waals surface area contributed by atoms with Crippen molar-refractivity contribution in [3.8, 4) is 11.4 Å². The van der Waals surface area contributed by atoms with Crippen LogP contribution in [0, 0.1) is 6.92 Å². The van der Waals surface area contributed by atoms with Gasteiger partial charge in [-0.15, -0.1) is 0 Å². The van der Waals surface area contributed by atoms with Crippen molar-refractivity contribution in [3.63, 3.8) is 0 Å². The van der Waals surface area contributed by atoms with Crippen molar-refractivity contribution in [1.29, 1.82) is 0 Å². The van der Waals surface area contributed by atoms with Gasteiger partial charge < -0.3 is 9.13 Å². The number of benzene rings is 5. The van der Waals surface area contributed by atoms with E-state index in [-0.39, 0.29) is 0 Å². The van der Waals surface area contributed by atoms with Crippen LogP contribution in [0.25, 0.3) is 76.4 Å². The van der Waals surface area contributed by atoms with Crippen LogP contribution >= 0.6 is 11.3 Å². The first-order valence-electron chi connectivity index (χ1n) is 14.4. The van der Waals surface area contributed by atoms with Gasteiger partial charge in [-0.3, -0.25) is 4.40 Å². The molecule has 0 bridgehead atoms. The van der Waals surface area contributed by atoms with Gasteiger partial charge in [0, 0.05) is 33.2 Å². The molecule has 0 N–H and O–H groups in total. The molecule has 0 saturated carbocycles. The Hall–Kier alpha value is -5.39. The molecule has 4 nitrogen and oxygen atoms in total. The summed E-state index contributed by atoms with van der Waals surface area (Å²) >= 11 is 1.74. The Labute approximate surface area is 251 Å². The third-order valence-corrected chi connectivity index (χ3v) is 9.67. The first-order valence-corrected chi connectivity index (χ1v) is 15.3. The molecule has 0 spiro atoms. The minimum Gasteiger partial charge on any atom is -0.310 e. The molecule has 0 aliphatic carbocycles. The van der Waals surface area contributed by atoms with Crippen molar-refractivity contribution in [2.75, 3.05) is 0 Å². The molecule has 0 atom stereocenters. The number of imidazole rings is 1. The van der Waals surface area contributed by atoms with E-state index in [2.05, 4.69) is 142 Å². The highest BCUT2D eigenvalue weighted by atomic mass is 32.1. The predicted octanol–water partition coefficient (Wildman–Crippen LogP) is 10.3. The van der Waals surface area contributed by atoms with Gasteiger partial charge in [0.1, 0.15) is 0 Å². The molecule has 0 radical (unpaired) electrons. The van der Waals surface area contributed by atoms with Gasteiger partial charge in [-0.1, -0.05) is 84.7 Å². The van der Waals surface area contributed by atoms with Gasteiger partial charge in [0.2, 0.25) is 0 Å². The summed E-state index contributed by atoms with van der Waals surface area (Å²) < 4.78 is 8.27. The lowest BCUT2D eigenvalue weighted by Gasteiger charge is -2.10. The topological polar surface area (TPSA) is 27.2 Å². The molecule has 204 valence electrons. The van der Waals surface area contributed by atoms with E-state index in [9.17, 15) is 0 Å². The van der Waals surface area contributed by atoms with Gasteiger partial charge in [-0.2, -0.15) is 0 Å². The van der Waals surface area contributed by atoms with E-state index in [0.29, 0.717) is 0 Å². The second kappa shape index (κ2) is 9.05. The second-order valence-corrected chi connectivity index (χ2v) is 12.0. The highest BCUT2D eigenvalue weighted by Gasteiger charge is 2.18. The van der Waals surface area contributed by atoms with E-state index in [1.54, 1.807) is 11.3 Å². The average Bonchev–Trinajstić information content (AvgIpc) is 3.76. The van der Waals surface area contributed by atoms with Gasteiger partial charge in [0.25, 0.3) is 0 Å². The van der Waals surface area contributed by atoms with Gasteiger partial charge in [0.05, 0.1) is 37.8 Å². The molecule has 0 aliphatic heterocycles. The number of fused-ring (bicyclic) bond motifs is 9. The molecule has 0 saturated heterocycles. The van der Waals surface area contributed by atoms with Crippen molar-refractivity contribution < 1.29 is 0 Å². The van der Waals surface area contributed by atoms with E-state index in [1.165, 1.54) is 48.5 Å². The number of thiazole rings is 1. The monoisotopic (exact) mass is 570 g/mol. The summed E-state index contributed by atoms with van der Waals surface area (Å²) in [5, 5.41) is 3.78. The van der Waals surface area contributed by atoms with E-state index in [0.717, 1.165) is 33.1 Å². The molecule has 0 fully saturated rings. The van der Waals surface area contributed by atoms with Crippen LogP contribution in [0.3, 0.4) is 0 Å². The van der Waals surface area contributed by atoms with E-state index >= 15 is 0 Å². The molecular weight excluding hydrogens is 545 g/mol. The number of nitrogens with zero attached hydrogens (tertiary/aromatic N) is 4. The molecule has 4 aromatic heterocycles. The summed E-state index contributed by atoms with van der Waals surface area (Å²) in [5.41, 5.74) is 11.5. The molecule has 9 aromatic rings. The number of hydrogen-bond donors (Lipinski definition) is 0. The Morgan fingerprint density at radius 2 is 1.26 bits per heavy atom. The Bertz CT molecular complexity index is 2550. The maximum atomic E-state index is 5.06. The van der Waals surface area contributed by atoms with E-state index in [4.69, 9.17) is 4.98 Å². The van der Waals surface area contributed by atoms with Crippen LogP contribution in [-0.4, -0.2) is 18.5 Å². The molecule has 9 rings (SSSR count). The molecule has 43 heavy (non-hydrogen) atoms. The number of hydrogen-bond acceptors (Lipinski definition) is 2. The number of aryl methyl sites for hydroxylation is 1. The SMILES string of the molecule is C=C/C=C\c1c(C)c2ccccc2n1-c1ccc2nc3sc4ccc(-n5c6ccccc6c6ccccc65)cc4n3c2c1. The standard InChI is InChI=1S/C38H26N4S/c1-3-4-14-31-24(2)27-11-5-8-15-32(27)40(31)25-18-20-30-35(22-25)42-36-23-26(19-21-37(36)43-38(42)39-30)41-33-16-9-6-12-28(33)29-13-7-10-17-34(29)41/h3-23H,1H2,2H3/b14-4-. The molecule has 0 unspecified atom stereocenters. The Morgan fingerprint density at radius 3 is 1.98 bits per heavy atom. The van der Waals surface area contributed by atoms with Crippen LogP contribution in [0.4, 0.5) is 0 Å². The van der Waals surface area contributed by atoms with Crippen molar-refractivity contribution in [2.45, 2.75) is 6.92 Å². The summed E-state index contributed by atoms with van der Waals surface area (Å²) in [4.78, 5) is 6.06. The van der Waals surface area contributed by atoms with Crippen LogP contribution in [-0.2, 0) is 0 Å². The summed E-state index contributed by atoms with van der Waals surface area (Å²) in [6, 6.07) is 39.4. The third kappa shape index (κ3) is 3.40. The van der Waals surface area contributed by atoms with Gasteiger partial charge in [-0.25, -0.2) is 4.98 Å². The highest BCUT2D eigenvalue weighted by molar-refractivity contribution is 7.23. The molecular formula is C38H26N4S. The van der Waals surface area contributed by atoms with Gasteiger partial charge in [0.15, 0.2) is 4.96 Å². The average molecular weight is 571 g/mol. The number of para-hydroxylation sites is 3. The number of allylic oxidation sites excluding steroid dienone is 2. The lowest BCUT2D eigenvalue weighted by Crippen LogP contribution is -1.97. The number of rotatable bonds is 4. The molecule has 5 aromatic carbocycles. The van der Waals surface area contributed by atoms with Crippen LogP contribution in [0.5, 0.6) is 0 Å². The van der Waals surface area contributed by atoms with E-state index in [1.807, 2.05) is 12.2 Å². The maximum absolute atomic E-state index is 5.06. The van der Waals surface area contributed by atoms with Gasteiger partial charge >= 0.3 is 0 Å². The molecule has 0 amide bonds. The van der Waals surface area contributed by atoms with Gasteiger partial charge in [-0.05, 0) is 73.2 Å². The minimum atomic E-state index is 0.996. The second-order valence-electron chi connectivity index (χ2n) is 11.0. The predicted molar refractivity (Wildman–Crippen MR) is 183 cm³/mol. The fourth-order valence-electron chi connectivity index (χ4n) is 6.74. The Balaban J connectivity index is 1.32. The molecule has 5 heteroatoms. The number of aromatic nitrogens is 4. The first-order chi connectivity index (χ1) is 21.2. The zero-order valence-corrected chi connectivity index (χ0v) is 24.3. The summed E-state index contributed by atoms with van der Waals surface area (Å²) in [7, 11) is 0. The quantitative estimate of drug-likeness (QED) is 0.193. The third-order valence-electron chi connectivity index (χ3n) is 8.65. The lowest BCUT2D eigenvalue weighted by molar-refractivity contribution is 1.10. The van der Waals surface area contributed by atoms with Crippen molar-refractivity contribution in [2.24, 2.45) is 0 Å². The van der Waals surface area contributed by atoms with E-state index < -0.39 is 0 Å². The normalized spacial score (nSPS) is 12.3. The lowest BCUT2D eigenvalue weighted by atomic mass is 10.1. The highest BCUT2D eigenvalue weighted by Crippen LogP contribution is 2.37. The van der Waals surface area contributed by atoms with Crippen LogP contribution in [0.1, 0.15) is 11.3 Å². The van der Waals surface area contributed by atoms with Crippen LogP contribution < -0.4 is 0 Å². The zero-order valence-electron chi connectivity index (χ0n) is 23.5. The fourth-order valence-corrected chi connectivity index (χ4v) is 7.76. The van der Waals surface area contributed by atoms with Crippen molar-refractivity contribution in [3.05, 3.63) is 139 Å². The fraction of sp³-hybridized carbons (Fsp3) is 0.0263. The Morgan fingerprint density at radius 1 is 0.651 bits per heavy atom. The minimum absolute atomic E-state index is 0.996. The summed E-state index contributed by atoms with van der Waals surface area (Å²) in [6.07, 6.45) is 5.99. The van der Waals surface area contributed by atoms with Crippen LogP contribution in [0.15, 0.2) is 128 Å². The summed E-state index contributed by atoms with van der Waals surface area (Å²) in [6.45, 7) is 6.10. The molecule has 4 heterocycles. The van der Waals surface area contributed by atoms with Crippen molar-refractivity contribution in [1.82, 2.24) is 18.5 Å². The van der Waals surface area contributed by atoms with Crippen LogP contribution in [0.2, 0.25) is 0 Å². The smallest absolute Gasteiger partial charge is 0.195 e.